The summed E-state index contributed by atoms with van der Waals surface area (Å²) >= 11 is 0. The highest BCUT2D eigenvalue weighted by Gasteiger charge is 2.32. The highest BCUT2D eigenvalue weighted by Crippen LogP contribution is 2.26. The number of carbonyl (C=O) groups is 1. The molecule has 1 aliphatic rings. The van der Waals surface area contributed by atoms with Crippen LogP contribution in [0.5, 0.6) is 5.75 Å². The Morgan fingerprint density at radius 3 is 2.52 bits per heavy atom. The Balaban J connectivity index is 1.52. The minimum absolute atomic E-state index is 0.0663. The van der Waals surface area contributed by atoms with Gasteiger partial charge in [-0.1, -0.05) is 42.5 Å². The first kappa shape index (κ1) is 19.4. The maximum atomic E-state index is 12.6. The van der Waals surface area contributed by atoms with Crippen LogP contribution in [-0.2, 0) is 11.3 Å². The van der Waals surface area contributed by atoms with E-state index in [1.54, 1.807) is 4.90 Å². The van der Waals surface area contributed by atoms with Crippen molar-refractivity contribution in [3.63, 3.8) is 0 Å². The second-order valence-electron chi connectivity index (χ2n) is 7.20. The van der Waals surface area contributed by atoms with Crippen LogP contribution in [0.1, 0.15) is 24.0 Å². The normalized spacial score (nSPS) is 19.8. The summed E-state index contributed by atoms with van der Waals surface area (Å²) < 4.78 is 5.46. The molecule has 5 heteroatoms. The molecular weight excluding hydrogens is 338 g/mol. The molecule has 2 N–H and O–H groups in total. The van der Waals surface area contributed by atoms with E-state index >= 15 is 0 Å². The van der Waals surface area contributed by atoms with Crippen molar-refractivity contribution in [2.75, 3.05) is 33.3 Å². The lowest BCUT2D eigenvalue weighted by atomic mass is 9.95. The van der Waals surface area contributed by atoms with Gasteiger partial charge in [-0.3, -0.25) is 9.69 Å². The van der Waals surface area contributed by atoms with Crippen molar-refractivity contribution in [3.8, 4) is 5.75 Å². The third kappa shape index (κ3) is 5.08. The zero-order chi connectivity index (χ0) is 19.2. The zero-order valence-corrected chi connectivity index (χ0v) is 16.2. The molecule has 144 valence electrons. The predicted octanol–water partition coefficient (Wildman–Crippen LogP) is 2.47. The van der Waals surface area contributed by atoms with Crippen molar-refractivity contribution in [1.29, 1.82) is 0 Å². The number of amides is 1. The molecule has 3 rings (SSSR count). The van der Waals surface area contributed by atoms with Gasteiger partial charge >= 0.3 is 0 Å². The van der Waals surface area contributed by atoms with Crippen LogP contribution in [0.15, 0.2) is 54.6 Å². The molecule has 27 heavy (non-hydrogen) atoms. The predicted molar refractivity (Wildman–Crippen MR) is 108 cm³/mol. The number of hydrogen-bond donors (Lipinski definition) is 1. The minimum Gasteiger partial charge on any atom is -0.494 e. The van der Waals surface area contributed by atoms with Gasteiger partial charge in [-0.15, -0.1) is 0 Å². The topological polar surface area (TPSA) is 58.8 Å². The van der Waals surface area contributed by atoms with Gasteiger partial charge in [-0.25, -0.2) is 0 Å². The first-order valence-corrected chi connectivity index (χ1v) is 9.55. The quantitative estimate of drug-likeness (QED) is 0.817. The van der Waals surface area contributed by atoms with E-state index in [1.165, 1.54) is 5.56 Å². The van der Waals surface area contributed by atoms with E-state index in [9.17, 15) is 4.79 Å². The Kier molecular flexibility index (Phi) is 6.48. The van der Waals surface area contributed by atoms with E-state index in [4.69, 9.17) is 10.5 Å². The molecule has 1 heterocycles. The molecule has 0 unspecified atom stereocenters. The molecule has 1 saturated heterocycles. The first-order valence-electron chi connectivity index (χ1n) is 9.55. The fourth-order valence-electron chi connectivity index (χ4n) is 3.63. The molecule has 2 aromatic rings. The average Bonchev–Trinajstić information content (AvgIpc) is 3.04. The lowest BCUT2D eigenvalue weighted by Crippen LogP contribution is -2.38. The Labute approximate surface area is 161 Å². The van der Waals surface area contributed by atoms with Crippen LogP contribution in [0, 0.1) is 0 Å². The third-order valence-corrected chi connectivity index (χ3v) is 5.11. The standard InChI is InChI=1S/C22H29N3O2/c1-3-27-19-11-9-17(10-12-19)13-24(2)22(26)16-25-14-20(21(23)15-25)18-7-5-4-6-8-18/h4-12,20-21H,3,13-16,23H2,1-2H3/t20-,21+/m0/s1. The maximum absolute atomic E-state index is 12.6. The molecule has 1 amide bonds. The molecule has 1 aliphatic heterocycles. The average molecular weight is 367 g/mol. The number of nitrogens with zero attached hydrogens (tertiary/aromatic N) is 2. The second kappa shape index (κ2) is 9.02. The fourth-order valence-corrected chi connectivity index (χ4v) is 3.63. The molecule has 0 spiro atoms. The van der Waals surface area contributed by atoms with Crippen LogP contribution in [0.2, 0.25) is 0 Å². The number of likely N-dealkylation sites (N-methyl/N-ethyl adjacent to an activating group) is 1. The van der Waals surface area contributed by atoms with Gasteiger partial charge in [0.05, 0.1) is 13.2 Å². The molecule has 1 fully saturated rings. The number of ether oxygens (including phenoxy) is 1. The number of rotatable bonds is 7. The van der Waals surface area contributed by atoms with Crippen LogP contribution in [0.25, 0.3) is 0 Å². The summed E-state index contributed by atoms with van der Waals surface area (Å²) in [5.74, 6) is 1.26. The molecule has 2 aromatic carbocycles. The Morgan fingerprint density at radius 1 is 1.15 bits per heavy atom. The van der Waals surface area contributed by atoms with Crippen molar-refractivity contribution in [2.45, 2.75) is 25.4 Å². The molecule has 2 atom stereocenters. The molecular formula is C22H29N3O2. The Bertz CT molecular complexity index is 733. The second-order valence-corrected chi connectivity index (χ2v) is 7.20. The molecule has 5 nitrogen and oxygen atoms in total. The van der Waals surface area contributed by atoms with Crippen molar-refractivity contribution < 1.29 is 9.53 Å². The van der Waals surface area contributed by atoms with Gasteiger partial charge in [0.25, 0.3) is 0 Å². The van der Waals surface area contributed by atoms with Crippen molar-refractivity contribution in [2.24, 2.45) is 5.73 Å². The van der Waals surface area contributed by atoms with E-state index in [0.29, 0.717) is 19.7 Å². The van der Waals surface area contributed by atoms with Crippen LogP contribution in [-0.4, -0.2) is 55.0 Å². The van der Waals surface area contributed by atoms with Gasteiger partial charge < -0.3 is 15.4 Å². The van der Waals surface area contributed by atoms with E-state index in [2.05, 4.69) is 17.0 Å². The summed E-state index contributed by atoms with van der Waals surface area (Å²) in [6, 6.07) is 18.3. The molecule has 0 saturated carbocycles. The van der Waals surface area contributed by atoms with Crippen LogP contribution >= 0.6 is 0 Å². The SMILES string of the molecule is CCOc1ccc(CN(C)C(=O)CN2C[C@@H](N)[C@H](c3ccccc3)C2)cc1. The van der Waals surface area contributed by atoms with Gasteiger partial charge in [-0.05, 0) is 30.2 Å². The Hall–Kier alpha value is -2.37. The van der Waals surface area contributed by atoms with Crippen LogP contribution in [0.4, 0.5) is 0 Å². The van der Waals surface area contributed by atoms with Gasteiger partial charge in [0.1, 0.15) is 5.75 Å². The van der Waals surface area contributed by atoms with Gasteiger partial charge in [-0.2, -0.15) is 0 Å². The minimum atomic E-state index is 0.0663. The smallest absolute Gasteiger partial charge is 0.236 e. The maximum Gasteiger partial charge on any atom is 0.236 e. The number of nitrogens with two attached hydrogens (primary N) is 1. The fraction of sp³-hybridized carbons (Fsp3) is 0.409. The summed E-state index contributed by atoms with van der Waals surface area (Å²) in [5.41, 5.74) is 8.68. The largest absolute Gasteiger partial charge is 0.494 e. The number of hydrogen-bond acceptors (Lipinski definition) is 4. The van der Waals surface area contributed by atoms with Crippen molar-refractivity contribution in [3.05, 3.63) is 65.7 Å². The third-order valence-electron chi connectivity index (χ3n) is 5.11. The highest BCUT2D eigenvalue weighted by atomic mass is 16.5. The zero-order valence-electron chi connectivity index (χ0n) is 16.2. The van der Waals surface area contributed by atoms with Crippen molar-refractivity contribution >= 4 is 5.91 Å². The molecule has 0 bridgehead atoms. The number of carbonyl (C=O) groups excluding carboxylic acids is 1. The van der Waals surface area contributed by atoms with Crippen molar-refractivity contribution in [1.82, 2.24) is 9.80 Å². The van der Waals surface area contributed by atoms with E-state index < -0.39 is 0 Å². The van der Waals surface area contributed by atoms with E-state index in [0.717, 1.165) is 24.4 Å². The molecule has 0 aromatic heterocycles. The lowest BCUT2D eigenvalue weighted by Gasteiger charge is -2.22. The Morgan fingerprint density at radius 2 is 1.85 bits per heavy atom. The summed E-state index contributed by atoms with van der Waals surface area (Å²) in [6.45, 7) is 5.19. The van der Waals surface area contributed by atoms with Crippen LogP contribution < -0.4 is 10.5 Å². The number of likely N-dealkylation sites (tertiary alicyclic amines) is 1. The van der Waals surface area contributed by atoms with E-state index in [-0.39, 0.29) is 17.9 Å². The number of benzene rings is 2. The summed E-state index contributed by atoms with van der Waals surface area (Å²) in [6.07, 6.45) is 0. The van der Waals surface area contributed by atoms with E-state index in [1.807, 2.05) is 56.4 Å². The lowest BCUT2D eigenvalue weighted by molar-refractivity contribution is -0.131. The highest BCUT2D eigenvalue weighted by molar-refractivity contribution is 5.78. The van der Waals surface area contributed by atoms with Crippen LogP contribution in [0.3, 0.4) is 0 Å². The first-order chi connectivity index (χ1) is 13.1. The van der Waals surface area contributed by atoms with Gasteiger partial charge in [0.2, 0.25) is 5.91 Å². The molecule has 0 radical (unpaired) electrons. The summed E-state index contributed by atoms with van der Waals surface area (Å²) in [4.78, 5) is 16.6. The van der Waals surface area contributed by atoms with Gasteiger partial charge in [0, 0.05) is 38.6 Å². The molecule has 0 aliphatic carbocycles. The monoisotopic (exact) mass is 367 g/mol. The summed E-state index contributed by atoms with van der Waals surface area (Å²) in [7, 11) is 1.85. The van der Waals surface area contributed by atoms with Gasteiger partial charge in [0.15, 0.2) is 0 Å². The summed E-state index contributed by atoms with van der Waals surface area (Å²) in [5, 5.41) is 0.